The van der Waals surface area contributed by atoms with Crippen molar-refractivity contribution in [2.45, 2.75) is 20.4 Å². The van der Waals surface area contributed by atoms with E-state index in [2.05, 4.69) is 9.72 Å². The van der Waals surface area contributed by atoms with E-state index in [1.54, 1.807) is 38.1 Å². The zero-order chi connectivity index (χ0) is 19.6. The molecular weight excluding hydrogens is 352 g/mol. The number of rotatable bonds is 5. The molecular formula is C19H18N2O6. The standard InChI is InChI=1S/C19H18N2O6/c1-4-26-19(24)14-11(2)27-16-15(14)17(22)21(10-20-16)9-12-5-7-13(8-6-12)18(23)25-3/h5-8,10H,4,9H2,1-3H3. The van der Waals surface area contributed by atoms with E-state index >= 15 is 0 Å². The Labute approximate surface area is 154 Å². The number of hydrogen-bond donors (Lipinski definition) is 0. The van der Waals surface area contributed by atoms with Crippen LogP contribution < -0.4 is 5.56 Å². The molecule has 0 saturated heterocycles. The van der Waals surface area contributed by atoms with Gasteiger partial charge in [-0.15, -0.1) is 0 Å². The van der Waals surface area contributed by atoms with E-state index in [-0.39, 0.29) is 35.6 Å². The van der Waals surface area contributed by atoms with Gasteiger partial charge in [-0.05, 0) is 31.5 Å². The number of methoxy groups -OCH3 is 1. The summed E-state index contributed by atoms with van der Waals surface area (Å²) in [4.78, 5) is 40.7. The molecule has 3 rings (SSSR count). The van der Waals surface area contributed by atoms with E-state index in [4.69, 9.17) is 9.15 Å². The zero-order valence-electron chi connectivity index (χ0n) is 15.1. The van der Waals surface area contributed by atoms with Gasteiger partial charge >= 0.3 is 11.9 Å². The van der Waals surface area contributed by atoms with Crippen molar-refractivity contribution in [2.24, 2.45) is 0 Å². The molecule has 0 aliphatic carbocycles. The van der Waals surface area contributed by atoms with Crippen LogP contribution in [0.1, 0.15) is 39.0 Å². The Balaban J connectivity index is 1.99. The number of nitrogens with zero attached hydrogens (tertiary/aromatic N) is 2. The molecule has 0 aliphatic heterocycles. The van der Waals surface area contributed by atoms with Crippen molar-refractivity contribution in [3.8, 4) is 0 Å². The molecule has 0 bridgehead atoms. The topological polar surface area (TPSA) is 101 Å². The largest absolute Gasteiger partial charge is 0.465 e. The number of carbonyl (C=O) groups excluding carboxylic acids is 2. The average Bonchev–Trinajstić information content (AvgIpc) is 3.01. The predicted octanol–water partition coefficient (Wildman–Crippen LogP) is 2.31. The van der Waals surface area contributed by atoms with Gasteiger partial charge in [0.1, 0.15) is 23.0 Å². The normalized spacial score (nSPS) is 10.8. The molecule has 2 aromatic heterocycles. The van der Waals surface area contributed by atoms with Crippen LogP contribution in [0.15, 0.2) is 39.8 Å². The quantitative estimate of drug-likeness (QED) is 0.635. The van der Waals surface area contributed by atoms with Crippen LogP contribution in [0.25, 0.3) is 11.1 Å². The first-order valence-corrected chi connectivity index (χ1v) is 8.29. The molecule has 1 aromatic carbocycles. The molecule has 8 nitrogen and oxygen atoms in total. The maximum atomic E-state index is 12.9. The molecule has 0 saturated carbocycles. The molecule has 0 fully saturated rings. The van der Waals surface area contributed by atoms with Crippen molar-refractivity contribution in [3.05, 3.63) is 63.4 Å². The van der Waals surface area contributed by atoms with Crippen molar-refractivity contribution < 1.29 is 23.5 Å². The Morgan fingerprint density at radius 3 is 2.52 bits per heavy atom. The number of fused-ring (bicyclic) bond motifs is 1. The first kappa shape index (κ1) is 18.4. The van der Waals surface area contributed by atoms with Gasteiger partial charge in [0.2, 0.25) is 5.71 Å². The second-order valence-corrected chi connectivity index (χ2v) is 5.80. The highest BCUT2D eigenvalue weighted by atomic mass is 16.5. The molecule has 0 radical (unpaired) electrons. The molecule has 0 amide bonds. The van der Waals surface area contributed by atoms with Crippen LogP contribution in [0.2, 0.25) is 0 Å². The fourth-order valence-electron chi connectivity index (χ4n) is 2.76. The van der Waals surface area contributed by atoms with E-state index in [0.29, 0.717) is 5.56 Å². The second-order valence-electron chi connectivity index (χ2n) is 5.80. The van der Waals surface area contributed by atoms with E-state index < -0.39 is 17.5 Å². The van der Waals surface area contributed by atoms with Crippen LogP contribution in [-0.2, 0) is 16.0 Å². The summed E-state index contributed by atoms with van der Waals surface area (Å²) in [6, 6.07) is 6.67. The molecule has 0 unspecified atom stereocenters. The number of ether oxygens (including phenoxy) is 2. The van der Waals surface area contributed by atoms with Crippen molar-refractivity contribution in [1.29, 1.82) is 0 Å². The number of aryl methyl sites for hydroxylation is 1. The summed E-state index contributed by atoms with van der Waals surface area (Å²) in [5.74, 6) is -0.768. The van der Waals surface area contributed by atoms with Crippen LogP contribution >= 0.6 is 0 Å². The SMILES string of the molecule is CCOC(=O)c1c(C)oc2ncn(Cc3ccc(C(=O)OC)cc3)c(=O)c12. The van der Waals surface area contributed by atoms with Crippen LogP contribution in [-0.4, -0.2) is 35.2 Å². The van der Waals surface area contributed by atoms with Gasteiger partial charge in [0.25, 0.3) is 5.56 Å². The number of carbonyl (C=O) groups is 2. The third kappa shape index (κ3) is 3.46. The zero-order valence-corrected chi connectivity index (χ0v) is 15.1. The third-order valence-corrected chi connectivity index (χ3v) is 4.06. The molecule has 0 aliphatic rings. The summed E-state index contributed by atoms with van der Waals surface area (Å²) in [6.07, 6.45) is 1.36. The summed E-state index contributed by atoms with van der Waals surface area (Å²) >= 11 is 0. The predicted molar refractivity (Wildman–Crippen MR) is 95.8 cm³/mol. The smallest absolute Gasteiger partial charge is 0.342 e. The lowest BCUT2D eigenvalue weighted by Gasteiger charge is -2.07. The Morgan fingerprint density at radius 1 is 1.19 bits per heavy atom. The van der Waals surface area contributed by atoms with Gasteiger partial charge in [-0.3, -0.25) is 9.36 Å². The van der Waals surface area contributed by atoms with Gasteiger partial charge in [-0.2, -0.15) is 0 Å². The highest BCUT2D eigenvalue weighted by molar-refractivity contribution is 6.03. The lowest BCUT2D eigenvalue weighted by Crippen LogP contribution is -2.22. The average molecular weight is 370 g/mol. The second kappa shape index (κ2) is 7.45. The molecule has 0 spiro atoms. The summed E-state index contributed by atoms with van der Waals surface area (Å²) in [6.45, 7) is 3.68. The van der Waals surface area contributed by atoms with Crippen molar-refractivity contribution in [3.63, 3.8) is 0 Å². The van der Waals surface area contributed by atoms with E-state index in [1.165, 1.54) is 18.0 Å². The minimum absolute atomic E-state index is 0.0952. The van der Waals surface area contributed by atoms with E-state index in [0.717, 1.165) is 5.56 Å². The van der Waals surface area contributed by atoms with Crippen LogP contribution in [0.3, 0.4) is 0 Å². The summed E-state index contributed by atoms with van der Waals surface area (Å²) < 4.78 is 16.5. The highest BCUT2D eigenvalue weighted by Crippen LogP contribution is 2.22. The van der Waals surface area contributed by atoms with Crippen molar-refractivity contribution >= 4 is 23.0 Å². The highest BCUT2D eigenvalue weighted by Gasteiger charge is 2.23. The first-order valence-electron chi connectivity index (χ1n) is 8.29. The van der Waals surface area contributed by atoms with Gasteiger partial charge in [-0.25, -0.2) is 14.6 Å². The molecule has 2 heterocycles. The maximum Gasteiger partial charge on any atom is 0.342 e. The number of aromatic nitrogens is 2. The van der Waals surface area contributed by atoms with Crippen LogP contribution in [0.4, 0.5) is 0 Å². The van der Waals surface area contributed by atoms with Crippen molar-refractivity contribution in [1.82, 2.24) is 9.55 Å². The Morgan fingerprint density at radius 2 is 1.89 bits per heavy atom. The first-order chi connectivity index (χ1) is 13.0. The maximum absolute atomic E-state index is 12.9. The van der Waals surface area contributed by atoms with Gasteiger partial charge < -0.3 is 13.9 Å². The van der Waals surface area contributed by atoms with Crippen molar-refractivity contribution in [2.75, 3.05) is 13.7 Å². The summed E-state index contributed by atoms with van der Waals surface area (Å²) in [5.41, 5.74) is 0.982. The monoisotopic (exact) mass is 370 g/mol. The molecule has 0 N–H and O–H groups in total. The lowest BCUT2D eigenvalue weighted by molar-refractivity contribution is 0.0525. The van der Waals surface area contributed by atoms with Crippen LogP contribution in [0.5, 0.6) is 0 Å². The molecule has 140 valence electrons. The van der Waals surface area contributed by atoms with E-state index in [1.807, 2.05) is 0 Å². The van der Waals surface area contributed by atoms with Gasteiger partial charge in [0, 0.05) is 0 Å². The summed E-state index contributed by atoms with van der Waals surface area (Å²) in [5, 5.41) is 0.0969. The summed E-state index contributed by atoms with van der Waals surface area (Å²) in [7, 11) is 1.31. The number of hydrogen-bond acceptors (Lipinski definition) is 7. The number of furan rings is 1. The molecule has 0 atom stereocenters. The number of esters is 2. The third-order valence-electron chi connectivity index (χ3n) is 4.06. The lowest BCUT2D eigenvalue weighted by atomic mass is 10.1. The Kier molecular flexibility index (Phi) is 5.07. The Hall–Kier alpha value is -3.42. The van der Waals surface area contributed by atoms with Gasteiger partial charge in [0.05, 0.1) is 25.8 Å². The number of benzene rings is 1. The fourth-order valence-corrected chi connectivity index (χ4v) is 2.76. The minimum atomic E-state index is -0.618. The van der Waals surface area contributed by atoms with E-state index in [9.17, 15) is 14.4 Å². The molecule has 8 heteroatoms. The van der Waals surface area contributed by atoms with Crippen LogP contribution in [0, 0.1) is 6.92 Å². The molecule has 27 heavy (non-hydrogen) atoms. The molecule has 3 aromatic rings. The van der Waals surface area contributed by atoms with Gasteiger partial charge in [0.15, 0.2) is 0 Å². The van der Waals surface area contributed by atoms with Gasteiger partial charge in [-0.1, -0.05) is 12.1 Å². The fraction of sp³-hybridized carbons (Fsp3) is 0.263. The minimum Gasteiger partial charge on any atom is -0.465 e. The Bertz CT molecular complexity index is 1060.